The second kappa shape index (κ2) is 8.73. The average molecular weight is 431 g/mol. The zero-order valence-electron chi connectivity index (χ0n) is 16.7. The van der Waals surface area contributed by atoms with Crippen LogP contribution in [-0.4, -0.2) is 31.9 Å². The molecule has 8 heteroatoms. The number of carboxylic acid groups (broad SMARTS) is 2. The van der Waals surface area contributed by atoms with Gasteiger partial charge in [-0.3, -0.25) is 0 Å². The molecule has 4 aromatic rings. The van der Waals surface area contributed by atoms with E-state index in [0.29, 0.717) is 29.2 Å². The Kier molecular flexibility index (Phi) is 5.67. The lowest BCUT2D eigenvalue weighted by molar-refractivity contribution is 0.0686. The van der Waals surface area contributed by atoms with E-state index in [1.807, 2.05) is 0 Å². The van der Waals surface area contributed by atoms with E-state index in [-0.39, 0.29) is 16.9 Å². The Morgan fingerprint density at radius 3 is 2.12 bits per heavy atom. The summed E-state index contributed by atoms with van der Waals surface area (Å²) in [5, 5.41) is 26.1. The van der Waals surface area contributed by atoms with Crippen molar-refractivity contribution in [3.05, 3.63) is 102 Å². The number of rotatable bonds is 7. The first-order valence-electron chi connectivity index (χ1n) is 9.66. The molecular weight excluding hydrogens is 413 g/mol. The maximum atomic E-state index is 13.5. The third-order valence-electron chi connectivity index (χ3n) is 4.88. The highest BCUT2D eigenvalue weighted by Gasteiger charge is 2.14. The number of halogens is 1. The van der Waals surface area contributed by atoms with E-state index in [4.69, 9.17) is 10.2 Å². The molecule has 1 aromatic heterocycles. The lowest BCUT2D eigenvalue weighted by Crippen LogP contribution is -2.00. The summed E-state index contributed by atoms with van der Waals surface area (Å²) in [5.74, 6) is -2.39. The van der Waals surface area contributed by atoms with Crippen molar-refractivity contribution >= 4 is 17.6 Å². The van der Waals surface area contributed by atoms with E-state index in [0.717, 1.165) is 5.56 Å². The Labute approximate surface area is 182 Å². The zero-order valence-corrected chi connectivity index (χ0v) is 16.7. The van der Waals surface area contributed by atoms with Gasteiger partial charge in [0.05, 0.1) is 22.5 Å². The van der Waals surface area contributed by atoms with E-state index in [1.54, 1.807) is 47.3 Å². The fourth-order valence-corrected chi connectivity index (χ4v) is 3.24. The van der Waals surface area contributed by atoms with Crippen LogP contribution in [0.15, 0.2) is 79.0 Å². The van der Waals surface area contributed by atoms with Gasteiger partial charge in [0, 0.05) is 29.6 Å². The summed E-state index contributed by atoms with van der Waals surface area (Å²) in [4.78, 5) is 22.3. The lowest BCUT2D eigenvalue weighted by Gasteiger charge is -2.07. The van der Waals surface area contributed by atoms with Gasteiger partial charge in [0.2, 0.25) is 0 Å². The molecule has 0 saturated carbocycles. The maximum Gasteiger partial charge on any atom is 0.335 e. The largest absolute Gasteiger partial charge is 0.478 e. The van der Waals surface area contributed by atoms with Crippen LogP contribution in [0.4, 0.5) is 10.1 Å². The predicted octanol–water partition coefficient (Wildman–Crippen LogP) is 4.69. The van der Waals surface area contributed by atoms with E-state index in [1.165, 1.54) is 36.4 Å². The molecule has 0 unspecified atom stereocenters. The first kappa shape index (κ1) is 20.8. The van der Waals surface area contributed by atoms with Crippen LogP contribution in [0.25, 0.3) is 16.9 Å². The van der Waals surface area contributed by atoms with Gasteiger partial charge in [-0.05, 0) is 54.6 Å². The van der Waals surface area contributed by atoms with Crippen molar-refractivity contribution in [1.29, 1.82) is 0 Å². The summed E-state index contributed by atoms with van der Waals surface area (Å²) in [6.45, 7) is 0.340. The Hall–Kier alpha value is -4.46. The second-order valence-corrected chi connectivity index (χ2v) is 7.05. The molecule has 0 amide bonds. The molecule has 0 spiro atoms. The minimum Gasteiger partial charge on any atom is -0.478 e. The number of benzene rings is 3. The Balaban J connectivity index is 1.70. The van der Waals surface area contributed by atoms with Crippen LogP contribution >= 0.6 is 0 Å². The fraction of sp³-hybridized carbons (Fsp3) is 0.0417. The molecule has 0 aliphatic rings. The van der Waals surface area contributed by atoms with Gasteiger partial charge in [0.1, 0.15) is 5.82 Å². The molecule has 4 rings (SSSR count). The van der Waals surface area contributed by atoms with Gasteiger partial charge in [-0.2, -0.15) is 5.10 Å². The first-order valence-corrected chi connectivity index (χ1v) is 9.66. The molecule has 3 N–H and O–H groups in total. The van der Waals surface area contributed by atoms with Gasteiger partial charge in [-0.15, -0.1) is 0 Å². The van der Waals surface area contributed by atoms with Crippen molar-refractivity contribution in [3.63, 3.8) is 0 Å². The van der Waals surface area contributed by atoms with E-state index in [2.05, 4.69) is 10.4 Å². The molecule has 0 aliphatic heterocycles. The van der Waals surface area contributed by atoms with Crippen LogP contribution in [0.1, 0.15) is 26.3 Å². The summed E-state index contributed by atoms with van der Waals surface area (Å²) in [5.41, 5.74) is 3.72. The summed E-state index contributed by atoms with van der Waals surface area (Å²) in [6.07, 6.45) is 1.79. The summed E-state index contributed by atoms with van der Waals surface area (Å²) in [6, 6.07) is 18.7. The van der Waals surface area contributed by atoms with Gasteiger partial charge in [0.25, 0.3) is 0 Å². The zero-order chi connectivity index (χ0) is 22.7. The third kappa shape index (κ3) is 4.49. The molecule has 7 nitrogen and oxygen atoms in total. The number of aromatic nitrogens is 2. The summed E-state index contributed by atoms with van der Waals surface area (Å²) in [7, 11) is 0. The van der Waals surface area contributed by atoms with Gasteiger partial charge in [-0.1, -0.05) is 18.2 Å². The van der Waals surface area contributed by atoms with Crippen molar-refractivity contribution in [2.45, 2.75) is 6.54 Å². The van der Waals surface area contributed by atoms with Crippen LogP contribution in [0, 0.1) is 5.82 Å². The van der Waals surface area contributed by atoms with E-state index < -0.39 is 11.9 Å². The molecule has 0 saturated heterocycles. The fourth-order valence-electron chi connectivity index (χ4n) is 3.24. The second-order valence-electron chi connectivity index (χ2n) is 7.05. The number of nitrogens with zero attached hydrogens (tertiary/aromatic N) is 2. The smallest absolute Gasteiger partial charge is 0.335 e. The van der Waals surface area contributed by atoms with Crippen LogP contribution < -0.4 is 5.32 Å². The van der Waals surface area contributed by atoms with E-state index >= 15 is 0 Å². The number of nitrogens with one attached hydrogen (secondary N) is 1. The number of hydrogen-bond donors (Lipinski definition) is 3. The normalized spacial score (nSPS) is 10.7. The first-order chi connectivity index (χ1) is 15.4. The number of carbonyl (C=O) groups is 2. The molecule has 1 heterocycles. The Morgan fingerprint density at radius 1 is 0.906 bits per heavy atom. The number of aromatic carboxylic acids is 2. The summed E-state index contributed by atoms with van der Waals surface area (Å²) < 4.78 is 15.1. The van der Waals surface area contributed by atoms with Crippen molar-refractivity contribution in [1.82, 2.24) is 9.78 Å². The van der Waals surface area contributed by atoms with Gasteiger partial charge in [0.15, 0.2) is 0 Å². The van der Waals surface area contributed by atoms with Crippen molar-refractivity contribution in [2.75, 3.05) is 5.32 Å². The minimum absolute atomic E-state index is 0.164. The number of anilines is 1. The van der Waals surface area contributed by atoms with E-state index in [9.17, 15) is 14.0 Å². The molecule has 160 valence electrons. The maximum absolute atomic E-state index is 13.5. The van der Waals surface area contributed by atoms with Gasteiger partial charge in [-0.25, -0.2) is 18.7 Å². The summed E-state index contributed by atoms with van der Waals surface area (Å²) >= 11 is 0. The Bertz CT molecular complexity index is 1280. The third-order valence-corrected chi connectivity index (χ3v) is 4.88. The predicted molar refractivity (Wildman–Crippen MR) is 117 cm³/mol. The highest BCUT2D eigenvalue weighted by atomic mass is 19.1. The average Bonchev–Trinajstić information content (AvgIpc) is 3.22. The van der Waals surface area contributed by atoms with Crippen LogP contribution in [0.2, 0.25) is 0 Å². The van der Waals surface area contributed by atoms with Crippen LogP contribution in [-0.2, 0) is 6.54 Å². The topological polar surface area (TPSA) is 104 Å². The van der Waals surface area contributed by atoms with Crippen molar-refractivity contribution in [2.24, 2.45) is 0 Å². The molecule has 0 atom stereocenters. The standard InChI is InChI=1S/C24H18FN3O4/c25-19-2-1-3-20(12-19)26-13-18-14-28(21-10-8-17(9-11-21)24(31)32)27-22(18)15-4-6-16(7-5-15)23(29)30/h1-12,14,26H,13H2,(H,29,30)(H,31,32). The van der Waals surface area contributed by atoms with Gasteiger partial charge < -0.3 is 15.5 Å². The van der Waals surface area contributed by atoms with Crippen molar-refractivity contribution < 1.29 is 24.2 Å². The molecule has 0 fully saturated rings. The minimum atomic E-state index is -1.02. The van der Waals surface area contributed by atoms with Crippen molar-refractivity contribution in [3.8, 4) is 16.9 Å². The number of hydrogen-bond acceptors (Lipinski definition) is 4. The molecule has 0 aliphatic carbocycles. The Morgan fingerprint density at radius 2 is 1.53 bits per heavy atom. The quantitative estimate of drug-likeness (QED) is 0.392. The molecule has 3 aromatic carbocycles. The number of carboxylic acids is 2. The lowest BCUT2D eigenvalue weighted by atomic mass is 10.1. The molecular formula is C24H18FN3O4. The monoisotopic (exact) mass is 431 g/mol. The van der Waals surface area contributed by atoms with Gasteiger partial charge >= 0.3 is 11.9 Å². The van der Waals surface area contributed by atoms with Crippen LogP contribution in [0.5, 0.6) is 0 Å². The molecule has 0 bridgehead atoms. The highest BCUT2D eigenvalue weighted by Crippen LogP contribution is 2.25. The van der Waals surface area contributed by atoms with Crippen LogP contribution in [0.3, 0.4) is 0 Å². The highest BCUT2D eigenvalue weighted by molar-refractivity contribution is 5.88. The molecule has 0 radical (unpaired) electrons. The SMILES string of the molecule is O=C(O)c1ccc(-c2nn(-c3ccc(C(=O)O)cc3)cc2CNc2cccc(F)c2)cc1. The molecule has 32 heavy (non-hydrogen) atoms.